The Balaban J connectivity index is 2.13. The van der Waals surface area contributed by atoms with Crippen molar-refractivity contribution in [2.24, 2.45) is 5.41 Å². The van der Waals surface area contributed by atoms with E-state index in [9.17, 15) is 4.79 Å². The molecule has 0 aliphatic carbocycles. The van der Waals surface area contributed by atoms with Crippen LogP contribution in [-0.2, 0) is 9.53 Å². The summed E-state index contributed by atoms with van der Waals surface area (Å²) in [5, 5.41) is 3.25. The number of methoxy groups -OCH3 is 1. The van der Waals surface area contributed by atoms with E-state index < -0.39 is 0 Å². The zero-order chi connectivity index (χ0) is 9.31. The predicted octanol–water partition coefficient (Wildman–Crippen LogP) is 0.645. The number of rotatable bonds is 1. The monoisotopic (exact) mass is 201 g/mol. The van der Waals surface area contributed by atoms with E-state index in [1.807, 2.05) is 11.8 Å². The second-order valence-electron chi connectivity index (χ2n) is 3.83. The molecule has 0 aromatic rings. The first-order chi connectivity index (χ1) is 6.28. The lowest BCUT2D eigenvalue weighted by molar-refractivity contribution is -0.145. The molecule has 0 bridgehead atoms. The number of carbonyl (C=O) groups excluding carboxylic acids is 1. The average Bonchev–Trinajstić information content (AvgIpc) is 2.76. The van der Waals surface area contributed by atoms with Gasteiger partial charge in [0.05, 0.1) is 7.11 Å². The molecule has 2 heterocycles. The zero-order valence-electron chi connectivity index (χ0n) is 7.84. The molecule has 0 radical (unpaired) electrons. The molecule has 2 rings (SSSR count). The average molecular weight is 201 g/mol. The van der Waals surface area contributed by atoms with E-state index in [-0.39, 0.29) is 17.4 Å². The van der Waals surface area contributed by atoms with Crippen LogP contribution in [-0.4, -0.2) is 37.2 Å². The highest BCUT2D eigenvalue weighted by Crippen LogP contribution is 2.44. The number of thioether (sulfide) groups is 1. The molecule has 74 valence electrons. The van der Waals surface area contributed by atoms with Gasteiger partial charge in [-0.1, -0.05) is 0 Å². The maximum Gasteiger partial charge on any atom is 0.323 e. The van der Waals surface area contributed by atoms with Crippen molar-refractivity contribution >= 4 is 17.7 Å². The Bertz CT molecular complexity index is 208. The van der Waals surface area contributed by atoms with Crippen LogP contribution in [0.15, 0.2) is 0 Å². The lowest BCUT2D eigenvalue weighted by Gasteiger charge is -2.27. The van der Waals surface area contributed by atoms with Crippen molar-refractivity contribution in [2.45, 2.75) is 18.9 Å². The Morgan fingerprint density at radius 2 is 2.46 bits per heavy atom. The molecule has 2 unspecified atom stereocenters. The molecule has 0 aromatic carbocycles. The second kappa shape index (κ2) is 3.50. The largest absolute Gasteiger partial charge is 0.468 e. The van der Waals surface area contributed by atoms with E-state index in [2.05, 4.69) is 5.32 Å². The molecule has 2 atom stereocenters. The van der Waals surface area contributed by atoms with Gasteiger partial charge in [-0.25, -0.2) is 0 Å². The maximum absolute atomic E-state index is 11.5. The normalized spacial score (nSPS) is 38.4. The molecular formula is C9H15NO2S. The van der Waals surface area contributed by atoms with E-state index in [4.69, 9.17) is 4.74 Å². The van der Waals surface area contributed by atoms with Gasteiger partial charge in [-0.05, 0) is 25.1 Å². The van der Waals surface area contributed by atoms with Gasteiger partial charge < -0.3 is 10.1 Å². The van der Waals surface area contributed by atoms with Crippen LogP contribution in [0.4, 0.5) is 0 Å². The number of hydrogen-bond donors (Lipinski definition) is 1. The minimum atomic E-state index is -0.0833. The Hall–Kier alpha value is -0.220. The molecule has 2 saturated heterocycles. The summed E-state index contributed by atoms with van der Waals surface area (Å²) in [4.78, 5) is 11.5. The van der Waals surface area contributed by atoms with E-state index in [1.54, 1.807) is 0 Å². The lowest BCUT2D eigenvalue weighted by Crippen LogP contribution is -2.44. The highest BCUT2D eigenvalue weighted by Gasteiger charge is 2.49. The number of carbonyl (C=O) groups is 1. The summed E-state index contributed by atoms with van der Waals surface area (Å²) < 4.78 is 4.81. The molecule has 13 heavy (non-hydrogen) atoms. The van der Waals surface area contributed by atoms with Crippen molar-refractivity contribution in [3.8, 4) is 0 Å². The van der Waals surface area contributed by atoms with Gasteiger partial charge in [0.15, 0.2) is 0 Å². The van der Waals surface area contributed by atoms with Gasteiger partial charge in [0.25, 0.3) is 0 Å². The molecule has 4 heteroatoms. The predicted molar refractivity (Wildman–Crippen MR) is 52.8 cm³/mol. The first-order valence-corrected chi connectivity index (χ1v) is 5.83. The third-order valence-electron chi connectivity index (χ3n) is 3.15. The van der Waals surface area contributed by atoms with Gasteiger partial charge in [0.1, 0.15) is 6.04 Å². The van der Waals surface area contributed by atoms with Gasteiger partial charge in [0, 0.05) is 11.2 Å². The van der Waals surface area contributed by atoms with Gasteiger partial charge in [0.2, 0.25) is 0 Å². The summed E-state index contributed by atoms with van der Waals surface area (Å²) >= 11 is 1.95. The minimum absolute atomic E-state index is 0.0486. The fourth-order valence-electron chi connectivity index (χ4n) is 2.33. The molecule has 2 aliphatic rings. The van der Waals surface area contributed by atoms with Crippen molar-refractivity contribution in [1.82, 2.24) is 5.32 Å². The fourth-order valence-corrected chi connectivity index (χ4v) is 3.88. The molecule has 1 spiro atoms. The van der Waals surface area contributed by atoms with Crippen LogP contribution in [0.5, 0.6) is 0 Å². The molecule has 2 fully saturated rings. The summed E-state index contributed by atoms with van der Waals surface area (Å²) in [6, 6.07) is -0.0486. The van der Waals surface area contributed by atoms with E-state index >= 15 is 0 Å². The smallest absolute Gasteiger partial charge is 0.323 e. The minimum Gasteiger partial charge on any atom is -0.468 e. The number of hydrogen-bond acceptors (Lipinski definition) is 4. The van der Waals surface area contributed by atoms with Crippen molar-refractivity contribution in [3.05, 3.63) is 0 Å². The van der Waals surface area contributed by atoms with E-state index in [1.165, 1.54) is 12.9 Å². The summed E-state index contributed by atoms with van der Waals surface area (Å²) in [7, 11) is 1.47. The summed E-state index contributed by atoms with van der Waals surface area (Å²) in [6.45, 7) is 0.959. The topological polar surface area (TPSA) is 38.3 Å². The molecule has 3 nitrogen and oxygen atoms in total. The second-order valence-corrected chi connectivity index (χ2v) is 4.93. The summed E-state index contributed by atoms with van der Waals surface area (Å²) in [5.41, 5.74) is 0.206. The summed E-state index contributed by atoms with van der Waals surface area (Å²) in [6.07, 6.45) is 2.28. The van der Waals surface area contributed by atoms with Crippen molar-refractivity contribution in [1.29, 1.82) is 0 Å². The number of nitrogens with one attached hydrogen (secondary N) is 1. The van der Waals surface area contributed by atoms with Gasteiger partial charge >= 0.3 is 5.97 Å². The fraction of sp³-hybridized carbons (Fsp3) is 0.889. The maximum atomic E-state index is 11.5. The molecular weight excluding hydrogens is 186 g/mol. The molecule has 1 N–H and O–H groups in total. The Morgan fingerprint density at radius 3 is 3.08 bits per heavy atom. The third kappa shape index (κ3) is 1.46. The van der Waals surface area contributed by atoms with Crippen LogP contribution >= 0.6 is 11.8 Å². The Labute approximate surface area is 82.6 Å². The summed E-state index contributed by atoms with van der Waals surface area (Å²) in [5.74, 6) is 2.22. The van der Waals surface area contributed by atoms with Crippen LogP contribution in [0.25, 0.3) is 0 Å². The van der Waals surface area contributed by atoms with Gasteiger partial charge in [-0.2, -0.15) is 11.8 Å². The van der Waals surface area contributed by atoms with Gasteiger partial charge in [-0.3, -0.25) is 4.79 Å². The highest BCUT2D eigenvalue weighted by molar-refractivity contribution is 7.99. The molecule has 0 amide bonds. The SMILES string of the molecule is COC(=O)C1NCCC12CCSC2. The van der Waals surface area contributed by atoms with Crippen LogP contribution in [0.2, 0.25) is 0 Å². The Morgan fingerprint density at radius 1 is 1.62 bits per heavy atom. The molecule has 2 aliphatic heterocycles. The third-order valence-corrected chi connectivity index (χ3v) is 4.43. The van der Waals surface area contributed by atoms with Crippen molar-refractivity contribution in [3.63, 3.8) is 0 Å². The Kier molecular flexibility index (Phi) is 2.51. The van der Waals surface area contributed by atoms with E-state index in [0.29, 0.717) is 0 Å². The highest BCUT2D eigenvalue weighted by atomic mass is 32.2. The first-order valence-electron chi connectivity index (χ1n) is 4.67. The first kappa shape index (κ1) is 9.34. The van der Waals surface area contributed by atoms with Crippen LogP contribution < -0.4 is 5.32 Å². The van der Waals surface area contributed by atoms with Crippen molar-refractivity contribution < 1.29 is 9.53 Å². The molecule has 0 saturated carbocycles. The zero-order valence-corrected chi connectivity index (χ0v) is 8.65. The quantitative estimate of drug-likeness (QED) is 0.632. The number of esters is 1. The van der Waals surface area contributed by atoms with Crippen LogP contribution in [0, 0.1) is 5.41 Å². The van der Waals surface area contributed by atoms with E-state index in [0.717, 1.165) is 25.1 Å². The number of ether oxygens (including phenoxy) is 1. The van der Waals surface area contributed by atoms with Crippen LogP contribution in [0.1, 0.15) is 12.8 Å². The standard InChI is InChI=1S/C9H15NO2S/c1-12-8(11)7-9(2-4-10-7)3-5-13-6-9/h7,10H,2-6H2,1H3. The van der Waals surface area contributed by atoms with Crippen LogP contribution in [0.3, 0.4) is 0 Å². The molecule has 0 aromatic heterocycles. The van der Waals surface area contributed by atoms with Crippen molar-refractivity contribution in [2.75, 3.05) is 25.2 Å². The van der Waals surface area contributed by atoms with Gasteiger partial charge in [-0.15, -0.1) is 0 Å². The lowest BCUT2D eigenvalue weighted by atomic mass is 9.80.